The monoisotopic (exact) mass is 461 g/mol. The lowest BCUT2D eigenvalue weighted by molar-refractivity contribution is 0.654. The summed E-state index contributed by atoms with van der Waals surface area (Å²) in [6, 6.07) is 8.75. The SMILES string of the molecule is CC#CCn1c(N(C)CCN)nc2c1c(=O)n(Cc1ccc3c(ccc(=O)n3C)c1)c(=O)n2C. The van der Waals surface area contributed by atoms with Crippen LogP contribution in [0, 0.1) is 11.8 Å². The molecule has 3 aromatic heterocycles. The van der Waals surface area contributed by atoms with Crippen molar-refractivity contribution in [1.29, 1.82) is 0 Å². The first kappa shape index (κ1) is 23.1. The normalized spacial score (nSPS) is 11.1. The molecule has 0 bridgehead atoms. The molecule has 0 atom stereocenters. The molecule has 0 saturated carbocycles. The van der Waals surface area contributed by atoms with E-state index in [9.17, 15) is 14.4 Å². The second kappa shape index (κ2) is 9.03. The Balaban J connectivity index is 1.91. The molecule has 3 heterocycles. The summed E-state index contributed by atoms with van der Waals surface area (Å²) in [6.07, 6.45) is 0. The Morgan fingerprint density at radius 2 is 1.82 bits per heavy atom. The molecule has 176 valence electrons. The number of hydrogen-bond acceptors (Lipinski definition) is 6. The molecule has 0 saturated heterocycles. The van der Waals surface area contributed by atoms with Crippen LogP contribution in [0.5, 0.6) is 0 Å². The van der Waals surface area contributed by atoms with Gasteiger partial charge < -0.3 is 15.2 Å². The van der Waals surface area contributed by atoms with Gasteiger partial charge in [0.2, 0.25) is 5.95 Å². The molecule has 0 radical (unpaired) electrons. The summed E-state index contributed by atoms with van der Waals surface area (Å²) >= 11 is 0. The van der Waals surface area contributed by atoms with Crippen LogP contribution in [0.2, 0.25) is 0 Å². The third-order valence-electron chi connectivity index (χ3n) is 5.96. The molecule has 0 aliphatic rings. The van der Waals surface area contributed by atoms with E-state index in [4.69, 9.17) is 5.73 Å². The summed E-state index contributed by atoms with van der Waals surface area (Å²) in [5, 5.41) is 0.847. The minimum absolute atomic E-state index is 0.0822. The number of fused-ring (bicyclic) bond motifs is 2. The van der Waals surface area contributed by atoms with Crippen LogP contribution >= 0.6 is 0 Å². The van der Waals surface area contributed by atoms with Gasteiger partial charge in [0.1, 0.15) is 0 Å². The summed E-state index contributed by atoms with van der Waals surface area (Å²) in [7, 11) is 5.15. The van der Waals surface area contributed by atoms with Crippen molar-refractivity contribution in [2.45, 2.75) is 20.0 Å². The number of imidazole rings is 1. The Morgan fingerprint density at radius 1 is 1.06 bits per heavy atom. The van der Waals surface area contributed by atoms with Gasteiger partial charge in [-0.25, -0.2) is 4.79 Å². The van der Waals surface area contributed by atoms with E-state index in [1.54, 1.807) is 36.2 Å². The van der Waals surface area contributed by atoms with Gasteiger partial charge in [-0.2, -0.15) is 4.98 Å². The van der Waals surface area contributed by atoms with Crippen molar-refractivity contribution in [2.24, 2.45) is 19.8 Å². The lowest BCUT2D eigenvalue weighted by Gasteiger charge is -2.17. The van der Waals surface area contributed by atoms with Crippen LogP contribution in [-0.4, -0.2) is 43.4 Å². The van der Waals surface area contributed by atoms with Crippen molar-refractivity contribution < 1.29 is 0 Å². The van der Waals surface area contributed by atoms with Gasteiger partial charge in [0, 0.05) is 40.3 Å². The number of anilines is 1. The molecule has 0 aliphatic heterocycles. The van der Waals surface area contributed by atoms with Crippen molar-refractivity contribution >= 4 is 28.0 Å². The first-order chi connectivity index (χ1) is 16.3. The molecule has 0 spiro atoms. The van der Waals surface area contributed by atoms with E-state index >= 15 is 0 Å². The van der Waals surface area contributed by atoms with Crippen LogP contribution in [0.4, 0.5) is 5.95 Å². The average Bonchev–Trinajstić information content (AvgIpc) is 3.21. The largest absolute Gasteiger partial charge is 0.344 e. The first-order valence-corrected chi connectivity index (χ1v) is 10.9. The molecule has 1 aromatic carbocycles. The molecular weight excluding hydrogens is 434 g/mol. The number of nitrogens with zero attached hydrogens (tertiary/aromatic N) is 6. The highest BCUT2D eigenvalue weighted by Gasteiger charge is 2.22. The van der Waals surface area contributed by atoms with E-state index in [0.29, 0.717) is 30.2 Å². The van der Waals surface area contributed by atoms with E-state index < -0.39 is 11.2 Å². The van der Waals surface area contributed by atoms with Gasteiger partial charge in [0.15, 0.2) is 11.2 Å². The Morgan fingerprint density at radius 3 is 2.53 bits per heavy atom. The van der Waals surface area contributed by atoms with E-state index in [1.807, 2.05) is 30.1 Å². The molecule has 0 amide bonds. The lowest BCUT2D eigenvalue weighted by atomic mass is 10.1. The van der Waals surface area contributed by atoms with Gasteiger partial charge in [0.25, 0.3) is 11.1 Å². The highest BCUT2D eigenvalue weighted by molar-refractivity contribution is 5.79. The zero-order valence-corrected chi connectivity index (χ0v) is 19.7. The van der Waals surface area contributed by atoms with Gasteiger partial charge in [0.05, 0.1) is 18.6 Å². The minimum atomic E-state index is -0.461. The van der Waals surface area contributed by atoms with Crippen LogP contribution in [0.25, 0.3) is 22.1 Å². The van der Waals surface area contributed by atoms with Crippen molar-refractivity contribution in [3.63, 3.8) is 0 Å². The van der Waals surface area contributed by atoms with Crippen molar-refractivity contribution in [3.8, 4) is 11.8 Å². The summed E-state index contributed by atoms with van der Waals surface area (Å²) in [5.74, 6) is 6.37. The van der Waals surface area contributed by atoms with Crippen LogP contribution in [-0.2, 0) is 27.2 Å². The quantitative estimate of drug-likeness (QED) is 0.411. The number of hydrogen-bond donors (Lipinski definition) is 1. The molecule has 34 heavy (non-hydrogen) atoms. The first-order valence-electron chi connectivity index (χ1n) is 10.9. The van der Waals surface area contributed by atoms with Gasteiger partial charge in [-0.1, -0.05) is 12.0 Å². The molecule has 4 rings (SSSR count). The van der Waals surface area contributed by atoms with Crippen molar-refractivity contribution in [1.82, 2.24) is 23.3 Å². The molecular formula is C24H27N7O3. The maximum absolute atomic E-state index is 13.6. The van der Waals surface area contributed by atoms with Gasteiger partial charge in [-0.05, 0) is 36.1 Å². The molecule has 0 aliphatic carbocycles. The summed E-state index contributed by atoms with van der Waals surface area (Å²) in [5.41, 5.74) is 6.88. The second-order valence-corrected chi connectivity index (χ2v) is 8.16. The fraction of sp³-hybridized carbons (Fsp3) is 0.333. The van der Waals surface area contributed by atoms with E-state index in [2.05, 4.69) is 16.8 Å². The third kappa shape index (κ3) is 3.80. The highest BCUT2D eigenvalue weighted by atomic mass is 16.2. The maximum Gasteiger partial charge on any atom is 0.332 e. The highest BCUT2D eigenvalue weighted by Crippen LogP contribution is 2.19. The second-order valence-electron chi connectivity index (χ2n) is 8.16. The van der Waals surface area contributed by atoms with Crippen LogP contribution in [0.1, 0.15) is 12.5 Å². The van der Waals surface area contributed by atoms with Gasteiger partial charge in [-0.3, -0.25) is 23.3 Å². The summed E-state index contributed by atoms with van der Waals surface area (Å²) in [6.45, 7) is 3.01. The molecule has 10 nitrogen and oxygen atoms in total. The van der Waals surface area contributed by atoms with Crippen LogP contribution in [0.15, 0.2) is 44.7 Å². The van der Waals surface area contributed by atoms with E-state index in [0.717, 1.165) is 16.5 Å². The van der Waals surface area contributed by atoms with Gasteiger partial charge in [-0.15, -0.1) is 5.92 Å². The number of benzene rings is 1. The number of nitrogens with two attached hydrogens (primary N) is 1. The summed E-state index contributed by atoms with van der Waals surface area (Å²) < 4.78 is 5.88. The fourth-order valence-electron chi connectivity index (χ4n) is 4.11. The standard InChI is InChI=1S/C24H27N7O3/c1-5-6-12-30-20-21(26-23(30)27(2)13-11-25)29(4)24(34)31(22(20)33)15-16-7-9-18-17(14-16)8-10-19(32)28(18)3/h7-10,14H,11-13,15,25H2,1-4H3. The van der Waals surface area contributed by atoms with Crippen molar-refractivity contribution in [2.75, 3.05) is 25.0 Å². The van der Waals surface area contributed by atoms with Gasteiger partial charge >= 0.3 is 5.69 Å². The van der Waals surface area contributed by atoms with Crippen molar-refractivity contribution in [3.05, 3.63) is 67.1 Å². The Kier molecular flexibility index (Phi) is 6.13. The molecule has 10 heteroatoms. The molecule has 2 N–H and O–H groups in total. The Hall–Kier alpha value is -4.10. The number of likely N-dealkylation sites (N-methyl/N-ethyl adjacent to an activating group) is 1. The minimum Gasteiger partial charge on any atom is -0.344 e. The zero-order valence-electron chi connectivity index (χ0n) is 19.7. The smallest absolute Gasteiger partial charge is 0.332 e. The topological polar surface area (TPSA) is 113 Å². The van der Waals surface area contributed by atoms with Crippen LogP contribution in [0.3, 0.4) is 0 Å². The molecule has 0 unspecified atom stereocenters. The van der Waals surface area contributed by atoms with Crippen LogP contribution < -0.4 is 27.4 Å². The predicted octanol–water partition coefficient (Wildman–Crippen LogP) is 0.215. The number of aromatic nitrogens is 5. The number of aryl methyl sites for hydroxylation is 2. The molecule has 4 aromatic rings. The van der Waals surface area contributed by atoms with E-state index in [-0.39, 0.29) is 18.6 Å². The Labute approximate surface area is 195 Å². The lowest BCUT2D eigenvalue weighted by Crippen LogP contribution is -2.40. The summed E-state index contributed by atoms with van der Waals surface area (Å²) in [4.78, 5) is 45.1. The maximum atomic E-state index is 13.6. The third-order valence-corrected chi connectivity index (χ3v) is 5.96. The fourth-order valence-corrected chi connectivity index (χ4v) is 4.11. The number of pyridine rings is 1. The Bertz CT molecular complexity index is 1640. The van der Waals surface area contributed by atoms with E-state index in [1.165, 1.54) is 15.2 Å². The zero-order chi connectivity index (χ0) is 24.6. The number of rotatable bonds is 6. The average molecular weight is 462 g/mol. The molecule has 0 fully saturated rings. The predicted molar refractivity (Wildman–Crippen MR) is 133 cm³/mol.